The summed E-state index contributed by atoms with van der Waals surface area (Å²) < 4.78 is 8.17. The molecule has 14 heavy (non-hydrogen) atoms. The van der Waals surface area contributed by atoms with Crippen LogP contribution in [0.25, 0.3) is 0 Å². The minimum Gasteiger partial charge on any atom is -0.379 e. The minimum atomic E-state index is 0.678. The van der Waals surface area contributed by atoms with Crippen molar-refractivity contribution in [3.05, 3.63) is 10.6 Å². The van der Waals surface area contributed by atoms with Crippen molar-refractivity contribution < 1.29 is 4.74 Å². The maximum Gasteiger partial charge on any atom is 0.195 e. The maximum absolute atomic E-state index is 5.53. The van der Waals surface area contributed by atoms with E-state index in [0.717, 1.165) is 31.5 Å². The lowest BCUT2D eigenvalue weighted by atomic mass is 10.5. The van der Waals surface area contributed by atoms with E-state index in [2.05, 4.69) is 10.2 Å². The van der Waals surface area contributed by atoms with Crippen molar-refractivity contribution in [3.8, 4) is 0 Å². The van der Waals surface area contributed by atoms with Crippen molar-refractivity contribution >= 4 is 12.2 Å². The highest BCUT2D eigenvalue weighted by Crippen LogP contribution is 2.28. The van der Waals surface area contributed by atoms with Crippen molar-refractivity contribution in [2.24, 2.45) is 5.92 Å². The van der Waals surface area contributed by atoms with Gasteiger partial charge in [-0.3, -0.25) is 5.10 Å². The van der Waals surface area contributed by atoms with Crippen molar-refractivity contribution in [1.82, 2.24) is 14.8 Å². The predicted molar refractivity (Wildman–Crippen MR) is 55.7 cm³/mol. The summed E-state index contributed by atoms with van der Waals surface area (Å²) in [5.74, 6) is 1.75. The van der Waals surface area contributed by atoms with Crippen LogP contribution in [-0.2, 0) is 11.3 Å². The van der Waals surface area contributed by atoms with Crippen LogP contribution in [0.2, 0.25) is 0 Å². The molecule has 0 bridgehead atoms. The van der Waals surface area contributed by atoms with E-state index in [1.807, 2.05) is 11.5 Å². The quantitative estimate of drug-likeness (QED) is 0.597. The molecule has 1 aromatic heterocycles. The summed E-state index contributed by atoms with van der Waals surface area (Å²) in [5, 5.41) is 6.79. The maximum atomic E-state index is 5.53. The molecule has 0 spiro atoms. The molecule has 0 atom stereocenters. The molecular formula is C9H15N3OS. The highest BCUT2D eigenvalue weighted by molar-refractivity contribution is 7.71. The lowest BCUT2D eigenvalue weighted by Crippen LogP contribution is -2.09. The Morgan fingerprint density at radius 1 is 1.64 bits per heavy atom. The van der Waals surface area contributed by atoms with E-state index in [-0.39, 0.29) is 0 Å². The van der Waals surface area contributed by atoms with Gasteiger partial charge in [-0.1, -0.05) is 0 Å². The van der Waals surface area contributed by atoms with Gasteiger partial charge in [-0.15, -0.1) is 0 Å². The zero-order valence-corrected chi connectivity index (χ0v) is 9.14. The summed E-state index contributed by atoms with van der Waals surface area (Å²) in [6, 6.07) is 0. The van der Waals surface area contributed by atoms with Gasteiger partial charge in [0.05, 0.1) is 6.61 Å². The lowest BCUT2D eigenvalue weighted by Gasteiger charge is -2.04. The number of aromatic nitrogens is 3. The molecule has 1 aliphatic carbocycles. The summed E-state index contributed by atoms with van der Waals surface area (Å²) >= 11 is 5.08. The van der Waals surface area contributed by atoms with Crippen molar-refractivity contribution in [1.29, 1.82) is 0 Å². The summed E-state index contributed by atoms with van der Waals surface area (Å²) in [6.07, 6.45) is 2.67. The summed E-state index contributed by atoms with van der Waals surface area (Å²) in [4.78, 5) is 0. The van der Waals surface area contributed by atoms with Gasteiger partial charge in [-0.05, 0) is 37.9 Å². The van der Waals surface area contributed by atoms with Crippen LogP contribution in [0.5, 0.6) is 0 Å². The lowest BCUT2D eigenvalue weighted by molar-refractivity contribution is 0.116. The van der Waals surface area contributed by atoms with E-state index in [1.165, 1.54) is 12.8 Å². The van der Waals surface area contributed by atoms with E-state index in [0.29, 0.717) is 4.77 Å². The van der Waals surface area contributed by atoms with Crippen LogP contribution in [0.15, 0.2) is 0 Å². The smallest absolute Gasteiger partial charge is 0.195 e. The normalized spacial score (nSPS) is 16.1. The zero-order valence-electron chi connectivity index (χ0n) is 8.32. The Labute approximate surface area is 88.3 Å². The summed E-state index contributed by atoms with van der Waals surface area (Å²) in [6.45, 7) is 4.37. The van der Waals surface area contributed by atoms with Crippen LogP contribution in [0.3, 0.4) is 0 Å². The number of nitrogens with one attached hydrogen (secondary N) is 1. The number of H-pyrrole nitrogens is 1. The monoisotopic (exact) mass is 213 g/mol. The Kier molecular flexibility index (Phi) is 2.98. The first-order chi connectivity index (χ1) is 6.77. The Morgan fingerprint density at radius 2 is 2.43 bits per heavy atom. The molecule has 0 aromatic carbocycles. The molecule has 0 unspecified atom stereocenters. The molecule has 1 saturated carbocycles. The van der Waals surface area contributed by atoms with Crippen LogP contribution >= 0.6 is 12.2 Å². The van der Waals surface area contributed by atoms with Gasteiger partial charge in [0.1, 0.15) is 5.82 Å². The van der Waals surface area contributed by atoms with E-state index < -0.39 is 0 Å². The molecule has 1 aromatic rings. The third-order valence-corrected chi connectivity index (χ3v) is 2.77. The Morgan fingerprint density at radius 3 is 3.00 bits per heavy atom. The molecule has 1 heterocycles. The third kappa shape index (κ3) is 2.42. The van der Waals surface area contributed by atoms with E-state index in [4.69, 9.17) is 17.0 Å². The molecule has 5 heteroatoms. The summed E-state index contributed by atoms with van der Waals surface area (Å²) in [7, 11) is 0. The largest absolute Gasteiger partial charge is 0.379 e. The van der Waals surface area contributed by atoms with Crippen LogP contribution in [0.1, 0.15) is 18.7 Å². The van der Waals surface area contributed by atoms with Gasteiger partial charge in [0.2, 0.25) is 0 Å². The number of nitrogens with zero attached hydrogens (tertiary/aromatic N) is 2. The van der Waals surface area contributed by atoms with E-state index in [9.17, 15) is 0 Å². The molecular weight excluding hydrogens is 198 g/mol. The molecule has 4 nitrogen and oxygen atoms in total. The molecule has 1 fully saturated rings. The molecule has 0 aliphatic heterocycles. The van der Waals surface area contributed by atoms with Gasteiger partial charge in [0, 0.05) is 13.2 Å². The van der Waals surface area contributed by atoms with Gasteiger partial charge in [-0.2, -0.15) is 5.10 Å². The first-order valence-electron chi connectivity index (χ1n) is 4.97. The fraction of sp³-hybridized carbons (Fsp3) is 0.778. The predicted octanol–water partition coefficient (Wildman–Crippen LogP) is 1.68. The number of hydrogen-bond donors (Lipinski definition) is 1. The molecule has 1 aliphatic rings. The standard InChI is InChI=1S/C9H15N3OS/c1-7-10-11-9(14)12(7)4-5-13-6-8-2-3-8/h8H,2-6H2,1H3,(H,11,14). The number of aryl methyl sites for hydroxylation is 1. The van der Waals surface area contributed by atoms with Gasteiger partial charge in [0.15, 0.2) is 4.77 Å². The second-order valence-electron chi connectivity index (χ2n) is 3.75. The van der Waals surface area contributed by atoms with Crippen LogP contribution in [-0.4, -0.2) is 28.0 Å². The highest BCUT2D eigenvalue weighted by atomic mass is 32.1. The van der Waals surface area contributed by atoms with Crippen LogP contribution in [0.4, 0.5) is 0 Å². The first kappa shape index (κ1) is 9.86. The minimum absolute atomic E-state index is 0.678. The Hall–Kier alpha value is -0.680. The second kappa shape index (κ2) is 4.23. The average molecular weight is 213 g/mol. The number of ether oxygens (including phenoxy) is 1. The van der Waals surface area contributed by atoms with E-state index >= 15 is 0 Å². The molecule has 2 rings (SSSR count). The van der Waals surface area contributed by atoms with E-state index in [1.54, 1.807) is 0 Å². The van der Waals surface area contributed by atoms with Crippen molar-refractivity contribution in [2.45, 2.75) is 26.3 Å². The average Bonchev–Trinajstić information content (AvgIpc) is 2.93. The second-order valence-corrected chi connectivity index (χ2v) is 4.13. The number of aromatic amines is 1. The SMILES string of the molecule is Cc1n[nH]c(=S)n1CCOCC1CC1. The van der Waals surface area contributed by atoms with Gasteiger partial charge >= 0.3 is 0 Å². The third-order valence-electron chi connectivity index (χ3n) is 2.46. The van der Waals surface area contributed by atoms with Gasteiger partial charge < -0.3 is 9.30 Å². The highest BCUT2D eigenvalue weighted by Gasteiger charge is 2.20. The molecule has 1 N–H and O–H groups in total. The van der Waals surface area contributed by atoms with Gasteiger partial charge in [-0.25, -0.2) is 0 Å². The van der Waals surface area contributed by atoms with Crippen LogP contribution in [0, 0.1) is 17.6 Å². The Bertz CT molecular complexity index is 353. The first-order valence-corrected chi connectivity index (χ1v) is 5.38. The number of rotatable bonds is 5. The molecule has 0 saturated heterocycles. The summed E-state index contributed by atoms with van der Waals surface area (Å²) in [5.41, 5.74) is 0. The molecule has 78 valence electrons. The zero-order chi connectivity index (χ0) is 9.97. The molecule has 0 amide bonds. The fourth-order valence-electron chi connectivity index (χ4n) is 1.35. The van der Waals surface area contributed by atoms with Gasteiger partial charge in [0.25, 0.3) is 0 Å². The topological polar surface area (TPSA) is 42.8 Å². The van der Waals surface area contributed by atoms with Crippen LogP contribution < -0.4 is 0 Å². The number of hydrogen-bond acceptors (Lipinski definition) is 3. The van der Waals surface area contributed by atoms with Crippen molar-refractivity contribution in [2.75, 3.05) is 13.2 Å². The fourth-order valence-corrected chi connectivity index (χ4v) is 1.62. The Balaban J connectivity index is 1.76. The van der Waals surface area contributed by atoms with Crippen molar-refractivity contribution in [3.63, 3.8) is 0 Å². The molecule has 0 radical (unpaired) electrons.